The van der Waals surface area contributed by atoms with Gasteiger partial charge in [0.1, 0.15) is 12.4 Å². The molecule has 7 heteroatoms. The summed E-state index contributed by atoms with van der Waals surface area (Å²) in [4.78, 5) is 13.0. The second kappa shape index (κ2) is 9.51. The monoisotopic (exact) mass is 449 g/mol. The largest absolute Gasteiger partial charge is 0.492 e. The van der Waals surface area contributed by atoms with E-state index < -0.39 is 11.5 Å². The van der Waals surface area contributed by atoms with Crippen LogP contribution in [-0.4, -0.2) is 24.2 Å². The quantitative estimate of drug-likeness (QED) is 0.494. The zero-order valence-electron chi connectivity index (χ0n) is 15.2. The van der Waals surface area contributed by atoms with Crippen molar-refractivity contribution in [2.75, 3.05) is 13.2 Å². The molecule has 2 N–H and O–H groups in total. The highest BCUT2D eigenvalue weighted by atomic mass is 35.5. The fraction of sp³-hybridized carbons (Fsp3) is 0.136. The number of hydrogen-bond acceptors (Lipinski definition) is 3. The summed E-state index contributed by atoms with van der Waals surface area (Å²) >= 11 is 17.8. The van der Waals surface area contributed by atoms with Crippen LogP contribution in [0.15, 0.2) is 72.8 Å². The molecule has 0 radical (unpaired) electrons. The van der Waals surface area contributed by atoms with Crippen LogP contribution in [-0.2, 0) is 10.4 Å². The smallest absolute Gasteiger partial charge is 0.261 e. The molecule has 0 unspecified atom stereocenters. The molecule has 0 aromatic heterocycles. The number of hydrogen-bond donors (Lipinski definition) is 2. The van der Waals surface area contributed by atoms with Crippen LogP contribution in [0.5, 0.6) is 5.75 Å². The van der Waals surface area contributed by atoms with E-state index in [0.717, 1.165) is 0 Å². The third kappa shape index (κ3) is 5.22. The lowest BCUT2D eigenvalue weighted by Crippen LogP contribution is -2.46. The maximum absolute atomic E-state index is 13.0. The number of nitrogens with one attached hydrogen (secondary N) is 1. The molecule has 0 aliphatic heterocycles. The lowest BCUT2D eigenvalue weighted by Gasteiger charge is -2.28. The van der Waals surface area contributed by atoms with Crippen LogP contribution in [0.3, 0.4) is 0 Å². The van der Waals surface area contributed by atoms with Gasteiger partial charge >= 0.3 is 0 Å². The number of halogens is 3. The molecule has 3 rings (SSSR count). The fourth-order valence-corrected chi connectivity index (χ4v) is 3.18. The summed E-state index contributed by atoms with van der Waals surface area (Å²) in [5, 5.41) is 15.7. The minimum absolute atomic E-state index is 0.199. The van der Waals surface area contributed by atoms with Crippen molar-refractivity contribution >= 4 is 40.7 Å². The van der Waals surface area contributed by atoms with E-state index in [1.807, 2.05) is 0 Å². The molecule has 29 heavy (non-hydrogen) atoms. The first-order valence-electron chi connectivity index (χ1n) is 8.81. The van der Waals surface area contributed by atoms with E-state index in [-0.39, 0.29) is 13.2 Å². The Morgan fingerprint density at radius 2 is 1.21 bits per heavy atom. The summed E-state index contributed by atoms with van der Waals surface area (Å²) in [6.45, 7) is 0.426. The van der Waals surface area contributed by atoms with Crippen LogP contribution >= 0.6 is 34.8 Å². The van der Waals surface area contributed by atoms with E-state index in [9.17, 15) is 9.90 Å². The third-order valence-corrected chi connectivity index (χ3v) is 5.08. The highest BCUT2D eigenvalue weighted by Gasteiger charge is 2.39. The van der Waals surface area contributed by atoms with Crippen LogP contribution in [0, 0.1) is 0 Å². The van der Waals surface area contributed by atoms with Crippen molar-refractivity contribution in [2.45, 2.75) is 5.60 Å². The minimum atomic E-state index is -1.91. The first-order valence-corrected chi connectivity index (χ1v) is 9.94. The van der Waals surface area contributed by atoms with Gasteiger partial charge in [0, 0.05) is 15.1 Å². The summed E-state index contributed by atoms with van der Waals surface area (Å²) in [5.41, 5.74) is -1.13. The Labute approximate surface area is 184 Å². The molecule has 0 aliphatic carbocycles. The number of carbonyl (C=O) groups excluding carboxylic acids is 1. The zero-order valence-corrected chi connectivity index (χ0v) is 17.5. The molecular formula is C22H18Cl3NO3. The van der Waals surface area contributed by atoms with E-state index in [1.165, 1.54) is 0 Å². The average molecular weight is 451 g/mol. The van der Waals surface area contributed by atoms with E-state index in [0.29, 0.717) is 31.9 Å². The maximum Gasteiger partial charge on any atom is 0.261 e. The summed E-state index contributed by atoms with van der Waals surface area (Å²) in [6.07, 6.45) is 0. The Bertz CT molecular complexity index is 913. The molecule has 0 heterocycles. The zero-order chi connectivity index (χ0) is 20.9. The molecule has 0 fully saturated rings. The van der Waals surface area contributed by atoms with Gasteiger partial charge in [-0.1, -0.05) is 59.1 Å². The number of benzene rings is 3. The van der Waals surface area contributed by atoms with Crippen molar-refractivity contribution in [2.24, 2.45) is 0 Å². The molecule has 0 atom stereocenters. The summed E-state index contributed by atoms with van der Waals surface area (Å²) < 4.78 is 5.58. The molecule has 150 valence electrons. The number of aliphatic hydroxyl groups is 1. The Morgan fingerprint density at radius 3 is 1.66 bits per heavy atom. The third-order valence-electron chi connectivity index (χ3n) is 4.32. The summed E-state index contributed by atoms with van der Waals surface area (Å²) in [5.74, 6) is 0.0520. The van der Waals surface area contributed by atoms with Crippen LogP contribution < -0.4 is 10.1 Å². The summed E-state index contributed by atoms with van der Waals surface area (Å²) in [7, 11) is 0. The molecule has 0 bridgehead atoms. The van der Waals surface area contributed by atoms with Gasteiger partial charge < -0.3 is 15.2 Å². The second-order valence-electron chi connectivity index (χ2n) is 6.28. The molecular weight excluding hydrogens is 433 g/mol. The normalized spacial score (nSPS) is 11.2. The van der Waals surface area contributed by atoms with Crippen molar-refractivity contribution in [3.8, 4) is 5.75 Å². The molecule has 0 aliphatic rings. The van der Waals surface area contributed by atoms with Crippen LogP contribution in [0.4, 0.5) is 0 Å². The van der Waals surface area contributed by atoms with Gasteiger partial charge in [-0.25, -0.2) is 0 Å². The lowest BCUT2D eigenvalue weighted by atomic mass is 9.85. The number of ether oxygens (including phenoxy) is 1. The van der Waals surface area contributed by atoms with Gasteiger partial charge in [0.15, 0.2) is 5.60 Å². The van der Waals surface area contributed by atoms with Crippen molar-refractivity contribution < 1.29 is 14.6 Å². The SMILES string of the molecule is O=C(NCCOc1ccc(Cl)cc1)C(O)(c1ccc(Cl)cc1)c1ccc(Cl)cc1. The van der Waals surface area contributed by atoms with Gasteiger partial charge in [0.05, 0.1) is 6.54 Å². The van der Waals surface area contributed by atoms with E-state index in [4.69, 9.17) is 39.5 Å². The van der Waals surface area contributed by atoms with Crippen LogP contribution in [0.1, 0.15) is 11.1 Å². The number of rotatable bonds is 7. The highest BCUT2D eigenvalue weighted by molar-refractivity contribution is 6.31. The molecule has 4 nitrogen and oxygen atoms in total. The van der Waals surface area contributed by atoms with Gasteiger partial charge in [0.25, 0.3) is 5.91 Å². The van der Waals surface area contributed by atoms with Gasteiger partial charge in [-0.15, -0.1) is 0 Å². The number of amides is 1. The second-order valence-corrected chi connectivity index (χ2v) is 7.59. The molecule has 0 saturated carbocycles. The van der Waals surface area contributed by atoms with E-state index in [1.54, 1.807) is 72.8 Å². The Kier molecular flexibility index (Phi) is 7.04. The lowest BCUT2D eigenvalue weighted by molar-refractivity contribution is -0.136. The fourth-order valence-electron chi connectivity index (χ4n) is 2.80. The topological polar surface area (TPSA) is 58.6 Å². The van der Waals surface area contributed by atoms with Crippen LogP contribution in [0.25, 0.3) is 0 Å². The predicted octanol–water partition coefficient (Wildman–Crippen LogP) is 5.08. The van der Waals surface area contributed by atoms with Crippen LogP contribution in [0.2, 0.25) is 15.1 Å². The Hall–Kier alpha value is -2.24. The average Bonchev–Trinajstić information content (AvgIpc) is 2.73. The first kappa shape index (κ1) is 21.5. The van der Waals surface area contributed by atoms with E-state index >= 15 is 0 Å². The van der Waals surface area contributed by atoms with Crippen molar-refractivity contribution in [1.29, 1.82) is 0 Å². The molecule has 0 saturated heterocycles. The standard InChI is InChI=1S/C22H18Cl3NO3/c23-17-5-1-15(2-6-17)22(28,16-3-7-18(24)8-4-16)21(27)26-13-14-29-20-11-9-19(25)10-12-20/h1-12,28H,13-14H2,(H,26,27). The Balaban J connectivity index is 1.74. The molecule has 3 aromatic rings. The van der Waals surface area contributed by atoms with Crippen molar-refractivity contribution in [3.05, 3.63) is 99.0 Å². The number of carbonyl (C=O) groups is 1. The van der Waals surface area contributed by atoms with Crippen molar-refractivity contribution in [1.82, 2.24) is 5.32 Å². The minimum Gasteiger partial charge on any atom is -0.492 e. The molecule has 1 amide bonds. The van der Waals surface area contributed by atoms with Crippen molar-refractivity contribution in [3.63, 3.8) is 0 Å². The van der Waals surface area contributed by atoms with Gasteiger partial charge in [0.2, 0.25) is 0 Å². The summed E-state index contributed by atoms with van der Waals surface area (Å²) in [6, 6.07) is 19.8. The predicted molar refractivity (Wildman–Crippen MR) is 116 cm³/mol. The first-order chi connectivity index (χ1) is 13.9. The molecule has 3 aromatic carbocycles. The van der Waals surface area contributed by atoms with Gasteiger partial charge in [-0.2, -0.15) is 0 Å². The van der Waals surface area contributed by atoms with Gasteiger partial charge in [-0.05, 0) is 59.7 Å². The van der Waals surface area contributed by atoms with E-state index in [2.05, 4.69) is 5.32 Å². The molecule has 0 spiro atoms. The van der Waals surface area contributed by atoms with Gasteiger partial charge in [-0.3, -0.25) is 4.79 Å². The Morgan fingerprint density at radius 1 is 0.793 bits per heavy atom. The highest BCUT2D eigenvalue weighted by Crippen LogP contribution is 2.31. The maximum atomic E-state index is 13.0.